The molecule has 7 heteroatoms. The van der Waals surface area contributed by atoms with Crippen LogP contribution in [0.4, 0.5) is 13.2 Å². The molecule has 0 radical (unpaired) electrons. The van der Waals surface area contributed by atoms with E-state index in [1.807, 2.05) is 0 Å². The monoisotopic (exact) mass is 256 g/mol. The molecule has 0 atom stereocenters. The molecule has 94 valence electrons. The Kier molecular flexibility index (Phi) is 3.05. The lowest BCUT2D eigenvalue weighted by Gasteiger charge is -2.10. The number of aromatic nitrogens is 2. The minimum absolute atomic E-state index is 0.357. The van der Waals surface area contributed by atoms with Gasteiger partial charge < -0.3 is 4.74 Å². The molecular weight excluding hydrogens is 249 g/mol. The summed E-state index contributed by atoms with van der Waals surface area (Å²) in [5.74, 6) is -0.783. The van der Waals surface area contributed by atoms with Crippen molar-refractivity contribution in [2.24, 2.45) is 0 Å². The number of hydrogen-bond acceptors (Lipinski definition) is 3. The minimum Gasteiger partial charge on any atom is -0.400 e. The Labute approximate surface area is 99.3 Å². The topological polar surface area (TPSA) is 44.1 Å². The van der Waals surface area contributed by atoms with Gasteiger partial charge >= 0.3 is 6.36 Å². The van der Waals surface area contributed by atoms with Gasteiger partial charge in [-0.2, -0.15) is 0 Å². The highest BCUT2D eigenvalue weighted by atomic mass is 19.4. The summed E-state index contributed by atoms with van der Waals surface area (Å²) in [5, 5.41) is 0. The van der Waals surface area contributed by atoms with Gasteiger partial charge in [-0.1, -0.05) is 0 Å². The number of rotatable bonds is 2. The molecule has 2 aromatic rings. The molecule has 0 aliphatic heterocycles. The number of nitrogens with zero attached hydrogens (tertiary/aromatic N) is 2. The summed E-state index contributed by atoms with van der Waals surface area (Å²) >= 11 is 0. The molecule has 0 bridgehead atoms. The molecule has 0 amide bonds. The molecule has 0 aliphatic rings. The SMILES string of the molecule is O=c1c(OC(F)(F)F)cccn1-c1cccnc1. The molecule has 0 aromatic carbocycles. The summed E-state index contributed by atoms with van der Waals surface area (Å²) in [6.07, 6.45) is -0.709. The van der Waals surface area contributed by atoms with Gasteiger partial charge in [0.1, 0.15) is 0 Å². The third kappa shape index (κ3) is 2.68. The highest BCUT2D eigenvalue weighted by molar-refractivity contribution is 5.31. The Morgan fingerprint density at radius 1 is 1.22 bits per heavy atom. The molecule has 0 saturated heterocycles. The first-order chi connectivity index (χ1) is 8.47. The van der Waals surface area contributed by atoms with Crippen LogP contribution in [0, 0.1) is 0 Å². The highest BCUT2D eigenvalue weighted by Gasteiger charge is 2.32. The molecule has 4 nitrogen and oxygen atoms in total. The van der Waals surface area contributed by atoms with E-state index in [0.717, 1.165) is 10.6 Å². The number of halogens is 3. The van der Waals surface area contributed by atoms with Crippen LogP contribution in [-0.4, -0.2) is 15.9 Å². The summed E-state index contributed by atoms with van der Waals surface area (Å²) in [7, 11) is 0. The fourth-order valence-corrected chi connectivity index (χ4v) is 1.38. The molecule has 18 heavy (non-hydrogen) atoms. The van der Waals surface area contributed by atoms with Crippen molar-refractivity contribution in [1.82, 2.24) is 9.55 Å². The van der Waals surface area contributed by atoms with E-state index in [1.165, 1.54) is 24.7 Å². The zero-order chi connectivity index (χ0) is 13.2. The van der Waals surface area contributed by atoms with E-state index in [1.54, 1.807) is 12.1 Å². The second-order valence-corrected chi connectivity index (χ2v) is 3.31. The highest BCUT2D eigenvalue weighted by Crippen LogP contribution is 2.19. The summed E-state index contributed by atoms with van der Waals surface area (Å²) in [6, 6.07) is 5.36. The van der Waals surface area contributed by atoms with E-state index >= 15 is 0 Å². The number of hydrogen-bond donors (Lipinski definition) is 0. The first-order valence-corrected chi connectivity index (χ1v) is 4.85. The Morgan fingerprint density at radius 3 is 2.61 bits per heavy atom. The third-order valence-corrected chi connectivity index (χ3v) is 2.06. The van der Waals surface area contributed by atoms with Crippen LogP contribution in [0.15, 0.2) is 47.7 Å². The smallest absolute Gasteiger partial charge is 0.400 e. The second kappa shape index (κ2) is 4.52. The third-order valence-electron chi connectivity index (χ3n) is 2.06. The van der Waals surface area contributed by atoms with Crippen LogP contribution in [0.1, 0.15) is 0 Å². The molecule has 0 fully saturated rings. The first-order valence-electron chi connectivity index (χ1n) is 4.85. The van der Waals surface area contributed by atoms with Crippen LogP contribution in [-0.2, 0) is 0 Å². The predicted molar refractivity (Wildman–Crippen MR) is 56.5 cm³/mol. The fourth-order valence-electron chi connectivity index (χ4n) is 1.38. The summed E-state index contributed by atoms with van der Waals surface area (Å²) in [6.45, 7) is 0. The van der Waals surface area contributed by atoms with Gasteiger partial charge in [0.2, 0.25) is 0 Å². The van der Waals surface area contributed by atoms with Crippen molar-refractivity contribution in [2.75, 3.05) is 0 Å². The summed E-state index contributed by atoms with van der Waals surface area (Å²) in [5.41, 5.74) is -0.544. The largest absolute Gasteiger partial charge is 0.573 e. The van der Waals surface area contributed by atoms with E-state index in [-0.39, 0.29) is 0 Å². The molecule has 0 saturated carbocycles. The quantitative estimate of drug-likeness (QED) is 0.826. The van der Waals surface area contributed by atoms with Gasteiger partial charge in [0.25, 0.3) is 5.56 Å². The number of pyridine rings is 2. The molecule has 0 spiro atoms. The van der Waals surface area contributed by atoms with Gasteiger partial charge in [0, 0.05) is 12.4 Å². The Morgan fingerprint density at radius 2 is 2.00 bits per heavy atom. The molecule has 0 unspecified atom stereocenters. The van der Waals surface area contributed by atoms with Crippen molar-refractivity contribution < 1.29 is 17.9 Å². The molecule has 2 heterocycles. The van der Waals surface area contributed by atoms with E-state index in [9.17, 15) is 18.0 Å². The molecule has 0 N–H and O–H groups in total. The summed E-state index contributed by atoms with van der Waals surface area (Å²) in [4.78, 5) is 15.5. The van der Waals surface area contributed by atoms with E-state index in [4.69, 9.17) is 0 Å². The Balaban J connectivity index is 2.46. The molecular formula is C11H7F3N2O2. The Bertz CT molecular complexity index is 593. The predicted octanol–water partition coefficient (Wildman–Crippen LogP) is 2.13. The van der Waals surface area contributed by atoms with E-state index < -0.39 is 17.7 Å². The van der Waals surface area contributed by atoms with Crippen molar-refractivity contribution in [3.05, 3.63) is 53.2 Å². The van der Waals surface area contributed by atoms with Crippen LogP contribution >= 0.6 is 0 Å². The molecule has 2 rings (SSSR count). The van der Waals surface area contributed by atoms with Crippen LogP contribution in [0.3, 0.4) is 0 Å². The Hall–Kier alpha value is -2.31. The maximum Gasteiger partial charge on any atom is 0.573 e. The van der Waals surface area contributed by atoms with Crippen molar-refractivity contribution in [2.45, 2.75) is 6.36 Å². The number of ether oxygens (including phenoxy) is 1. The van der Waals surface area contributed by atoms with Crippen molar-refractivity contribution in [1.29, 1.82) is 0 Å². The standard InChI is InChI=1S/C11H7F3N2O2/c12-11(13,14)18-9-4-2-6-16(10(9)17)8-3-1-5-15-7-8/h1-7H. The van der Waals surface area contributed by atoms with Gasteiger partial charge in [-0.3, -0.25) is 14.3 Å². The number of alkyl halides is 3. The maximum absolute atomic E-state index is 12.1. The van der Waals surface area contributed by atoms with Gasteiger partial charge in [-0.15, -0.1) is 13.2 Å². The second-order valence-electron chi connectivity index (χ2n) is 3.31. The van der Waals surface area contributed by atoms with Crippen LogP contribution in [0.2, 0.25) is 0 Å². The van der Waals surface area contributed by atoms with Crippen molar-refractivity contribution in [3.8, 4) is 11.4 Å². The lowest BCUT2D eigenvalue weighted by atomic mass is 10.3. The summed E-state index contributed by atoms with van der Waals surface area (Å²) < 4.78 is 40.9. The zero-order valence-electron chi connectivity index (χ0n) is 8.89. The lowest BCUT2D eigenvalue weighted by Crippen LogP contribution is -2.26. The van der Waals surface area contributed by atoms with Gasteiger partial charge in [0.15, 0.2) is 5.75 Å². The molecule has 2 aromatic heterocycles. The normalized spacial score (nSPS) is 11.3. The zero-order valence-corrected chi connectivity index (χ0v) is 8.89. The van der Waals surface area contributed by atoms with Gasteiger partial charge in [-0.25, -0.2) is 0 Å². The first kappa shape index (κ1) is 12.2. The van der Waals surface area contributed by atoms with Crippen LogP contribution < -0.4 is 10.3 Å². The average Bonchev–Trinajstić information content (AvgIpc) is 2.31. The van der Waals surface area contributed by atoms with Crippen molar-refractivity contribution in [3.63, 3.8) is 0 Å². The van der Waals surface area contributed by atoms with Gasteiger partial charge in [-0.05, 0) is 24.3 Å². The lowest BCUT2D eigenvalue weighted by molar-refractivity contribution is -0.275. The van der Waals surface area contributed by atoms with E-state index in [0.29, 0.717) is 5.69 Å². The van der Waals surface area contributed by atoms with Crippen molar-refractivity contribution >= 4 is 0 Å². The van der Waals surface area contributed by atoms with Gasteiger partial charge in [0.05, 0.1) is 11.9 Å². The van der Waals surface area contributed by atoms with E-state index in [2.05, 4.69) is 9.72 Å². The van der Waals surface area contributed by atoms with Crippen LogP contribution in [0.25, 0.3) is 5.69 Å². The average molecular weight is 256 g/mol. The molecule has 0 aliphatic carbocycles. The fraction of sp³-hybridized carbons (Fsp3) is 0.0909. The maximum atomic E-state index is 12.1. The minimum atomic E-state index is -4.90. The van der Waals surface area contributed by atoms with Crippen LogP contribution in [0.5, 0.6) is 5.75 Å².